The summed E-state index contributed by atoms with van der Waals surface area (Å²) in [6.07, 6.45) is 7.58. The van der Waals surface area contributed by atoms with Crippen molar-refractivity contribution in [2.24, 2.45) is 12.8 Å². The molecule has 0 saturated carbocycles. The first-order valence-electron chi connectivity index (χ1n) is 6.13. The molecule has 0 aromatic carbocycles. The standard InChI is InChI=1S/C13H18N4/c1-9-13(8-16(2)15-9)17-7-6-10-11(14)4-3-5-12(10)17/h6-8,11H,3-5,14H2,1-2H3. The molecule has 2 aromatic rings. The molecule has 17 heavy (non-hydrogen) atoms. The molecular weight excluding hydrogens is 212 g/mol. The summed E-state index contributed by atoms with van der Waals surface area (Å²) in [7, 11) is 1.96. The van der Waals surface area contributed by atoms with Crippen LogP contribution in [0.15, 0.2) is 18.5 Å². The normalized spacial score (nSPS) is 19.4. The van der Waals surface area contributed by atoms with Gasteiger partial charge in [-0.05, 0) is 37.8 Å². The van der Waals surface area contributed by atoms with E-state index in [0.29, 0.717) is 0 Å². The lowest BCUT2D eigenvalue weighted by Crippen LogP contribution is -2.17. The van der Waals surface area contributed by atoms with E-state index in [1.807, 2.05) is 18.7 Å². The molecule has 3 rings (SSSR count). The predicted octanol–water partition coefficient (Wildman–Crippen LogP) is 1.86. The number of hydrogen-bond donors (Lipinski definition) is 1. The average molecular weight is 230 g/mol. The Bertz CT molecular complexity index is 550. The van der Waals surface area contributed by atoms with Gasteiger partial charge in [0.15, 0.2) is 0 Å². The first-order chi connectivity index (χ1) is 8.16. The van der Waals surface area contributed by atoms with Gasteiger partial charge in [-0.2, -0.15) is 5.10 Å². The summed E-state index contributed by atoms with van der Waals surface area (Å²) in [6, 6.07) is 2.36. The maximum atomic E-state index is 6.15. The monoisotopic (exact) mass is 230 g/mol. The molecule has 1 aliphatic carbocycles. The van der Waals surface area contributed by atoms with E-state index in [0.717, 1.165) is 18.5 Å². The largest absolute Gasteiger partial charge is 0.324 e. The molecule has 1 aliphatic rings. The molecule has 0 amide bonds. The van der Waals surface area contributed by atoms with Gasteiger partial charge < -0.3 is 10.3 Å². The van der Waals surface area contributed by atoms with Crippen LogP contribution >= 0.6 is 0 Å². The molecular formula is C13H18N4. The Hall–Kier alpha value is -1.55. The van der Waals surface area contributed by atoms with Gasteiger partial charge in [0.2, 0.25) is 0 Å². The van der Waals surface area contributed by atoms with Crippen molar-refractivity contribution in [3.63, 3.8) is 0 Å². The SMILES string of the molecule is Cc1nn(C)cc1-n1ccc2c1CCCC2N. The average Bonchev–Trinajstić information content (AvgIpc) is 2.83. The highest BCUT2D eigenvalue weighted by molar-refractivity contribution is 5.41. The molecule has 2 N–H and O–H groups in total. The topological polar surface area (TPSA) is 48.8 Å². The minimum absolute atomic E-state index is 0.206. The molecule has 0 bridgehead atoms. The second-order valence-electron chi connectivity index (χ2n) is 4.86. The summed E-state index contributed by atoms with van der Waals surface area (Å²) in [4.78, 5) is 0. The summed E-state index contributed by atoms with van der Waals surface area (Å²) in [6.45, 7) is 2.05. The third-order valence-electron chi connectivity index (χ3n) is 3.60. The molecule has 1 atom stereocenters. The highest BCUT2D eigenvalue weighted by Gasteiger charge is 2.21. The highest BCUT2D eigenvalue weighted by Crippen LogP contribution is 2.31. The molecule has 90 valence electrons. The lowest BCUT2D eigenvalue weighted by Gasteiger charge is -2.20. The summed E-state index contributed by atoms with van der Waals surface area (Å²) in [5, 5.41) is 4.40. The number of nitrogens with two attached hydrogens (primary N) is 1. The molecule has 2 aromatic heterocycles. The van der Waals surface area contributed by atoms with Gasteiger partial charge in [0.25, 0.3) is 0 Å². The van der Waals surface area contributed by atoms with Crippen molar-refractivity contribution in [1.82, 2.24) is 14.3 Å². The smallest absolute Gasteiger partial charge is 0.0865 e. The van der Waals surface area contributed by atoms with E-state index in [9.17, 15) is 0 Å². The van der Waals surface area contributed by atoms with E-state index in [-0.39, 0.29) is 6.04 Å². The number of hydrogen-bond acceptors (Lipinski definition) is 2. The zero-order valence-electron chi connectivity index (χ0n) is 10.3. The van der Waals surface area contributed by atoms with Gasteiger partial charge in [0.05, 0.1) is 11.4 Å². The van der Waals surface area contributed by atoms with E-state index in [1.54, 1.807) is 0 Å². The lowest BCUT2D eigenvalue weighted by atomic mass is 9.93. The van der Waals surface area contributed by atoms with Crippen LogP contribution in [0.1, 0.15) is 35.8 Å². The van der Waals surface area contributed by atoms with Crippen molar-refractivity contribution in [1.29, 1.82) is 0 Å². The maximum absolute atomic E-state index is 6.15. The van der Waals surface area contributed by atoms with Gasteiger partial charge >= 0.3 is 0 Å². The maximum Gasteiger partial charge on any atom is 0.0865 e. The van der Waals surface area contributed by atoms with Crippen LogP contribution in [0.2, 0.25) is 0 Å². The van der Waals surface area contributed by atoms with Gasteiger partial charge in [0, 0.05) is 31.2 Å². The Morgan fingerprint density at radius 2 is 2.29 bits per heavy atom. The van der Waals surface area contributed by atoms with Crippen LogP contribution in [-0.4, -0.2) is 14.3 Å². The third kappa shape index (κ3) is 1.60. The third-order valence-corrected chi connectivity index (χ3v) is 3.60. The van der Waals surface area contributed by atoms with Crippen molar-refractivity contribution in [2.75, 3.05) is 0 Å². The predicted molar refractivity (Wildman–Crippen MR) is 67.1 cm³/mol. The van der Waals surface area contributed by atoms with E-state index >= 15 is 0 Å². The van der Waals surface area contributed by atoms with Gasteiger partial charge in [-0.3, -0.25) is 4.68 Å². The Labute approximate surface area is 101 Å². The van der Waals surface area contributed by atoms with Crippen molar-refractivity contribution < 1.29 is 0 Å². The van der Waals surface area contributed by atoms with Crippen LogP contribution < -0.4 is 5.73 Å². The Balaban J connectivity index is 2.13. The quantitative estimate of drug-likeness (QED) is 0.813. The Kier molecular flexibility index (Phi) is 2.33. The molecule has 0 fully saturated rings. The Morgan fingerprint density at radius 1 is 1.47 bits per heavy atom. The second-order valence-corrected chi connectivity index (χ2v) is 4.86. The fourth-order valence-electron chi connectivity index (χ4n) is 2.78. The van der Waals surface area contributed by atoms with Crippen molar-refractivity contribution in [3.8, 4) is 5.69 Å². The van der Waals surface area contributed by atoms with Gasteiger partial charge in [-0.15, -0.1) is 0 Å². The van der Waals surface area contributed by atoms with Crippen LogP contribution in [0.3, 0.4) is 0 Å². The number of rotatable bonds is 1. The fourth-order valence-corrected chi connectivity index (χ4v) is 2.78. The van der Waals surface area contributed by atoms with Crippen LogP contribution in [0, 0.1) is 6.92 Å². The highest BCUT2D eigenvalue weighted by atomic mass is 15.3. The van der Waals surface area contributed by atoms with Crippen molar-refractivity contribution in [2.45, 2.75) is 32.2 Å². The summed E-state index contributed by atoms with van der Waals surface area (Å²) < 4.78 is 4.11. The van der Waals surface area contributed by atoms with Crippen LogP contribution in [0.4, 0.5) is 0 Å². The molecule has 0 aliphatic heterocycles. The molecule has 2 heterocycles. The Morgan fingerprint density at radius 3 is 3.00 bits per heavy atom. The lowest BCUT2D eigenvalue weighted by molar-refractivity contribution is 0.560. The zero-order valence-corrected chi connectivity index (χ0v) is 10.3. The number of fused-ring (bicyclic) bond motifs is 1. The summed E-state index contributed by atoms with van der Waals surface area (Å²) in [5.41, 5.74) is 11.0. The summed E-state index contributed by atoms with van der Waals surface area (Å²) >= 11 is 0. The molecule has 0 saturated heterocycles. The molecule has 4 heteroatoms. The van der Waals surface area contributed by atoms with Gasteiger partial charge in [0.1, 0.15) is 0 Å². The fraction of sp³-hybridized carbons (Fsp3) is 0.462. The van der Waals surface area contributed by atoms with Gasteiger partial charge in [-0.25, -0.2) is 0 Å². The number of aryl methyl sites for hydroxylation is 2. The van der Waals surface area contributed by atoms with Crippen LogP contribution in [0.25, 0.3) is 5.69 Å². The first kappa shape index (κ1) is 10.6. The molecule has 0 radical (unpaired) electrons. The van der Waals surface area contributed by atoms with E-state index in [2.05, 4.69) is 28.1 Å². The first-order valence-corrected chi connectivity index (χ1v) is 6.13. The minimum atomic E-state index is 0.206. The molecule has 4 nitrogen and oxygen atoms in total. The van der Waals surface area contributed by atoms with Crippen LogP contribution in [0.5, 0.6) is 0 Å². The van der Waals surface area contributed by atoms with Crippen LogP contribution in [-0.2, 0) is 13.5 Å². The van der Waals surface area contributed by atoms with E-state index in [1.165, 1.54) is 23.4 Å². The second kappa shape index (κ2) is 3.74. The molecule has 1 unspecified atom stereocenters. The molecule has 0 spiro atoms. The zero-order chi connectivity index (χ0) is 12.0. The summed E-state index contributed by atoms with van der Waals surface area (Å²) in [5.74, 6) is 0. The minimum Gasteiger partial charge on any atom is -0.324 e. The van der Waals surface area contributed by atoms with Gasteiger partial charge in [-0.1, -0.05) is 0 Å². The number of nitrogens with zero attached hydrogens (tertiary/aromatic N) is 3. The van der Waals surface area contributed by atoms with E-state index < -0.39 is 0 Å². The number of aromatic nitrogens is 3. The van der Waals surface area contributed by atoms with Crippen molar-refractivity contribution in [3.05, 3.63) is 35.4 Å². The van der Waals surface area contributed by atoms with E-state index in [4.69, 9.17) is 5.73 Å². The van der Waals surface area contributed by atoms with Crippen molar-refractivity contribution >= 4 is 0 Å².